The first kappa shape index (κ1) is 32.0. The largest absolute Gasteiger partial charge is 0.460 e. The number of carbonyl (C=O) groups excluding carboxylic acids is 4. The van der Waals surface area contributed by atoms with Gasteiger partial charge in [-0.3, -0.25) is 14.4 Å². The summed E-state index contributed by atoms with van der Waals surface area (Å²) in [5.74, 6) is -2.04. The molecule has 0 aromatic heterocycles. The average molecular weight is 525 g/mol. The molecule has 0 heterocycles. The number of hydrogen-bond acceptors (Lipinski definition) is 9. The van der Waals surface area contributed by atoms with Gasteiger partial charge in [-0.05, 0) is 72.2 Å². The van der Waals surface area contributed by atoms with E-state index in [0.29, 0.717) is 5.69 Å². The zero-order valence-corrected chi connectivity index (χ0v) is 22.5. The van der Waals surface area contributed by atoms with Crippen LogP contribution in [0.4, 0.5) is 5.69 Å². The van der Waals surface area contributed by atoms with Crippen molar-refractivity contribution < 1.29 is 43.6 Å². The van der Waals surface area contributed by atoms with Gasteiger partial charge in [0.2, 0.25) is 5.91 Å². The Kier molecular flexibility index (Phi) is 12.7. The van der Waals surface area contributed by atoms with Crippen LogP contribution in [0.2, 0.25) is 0 Å². The van der Waals surface area contributed by atoms with E-state index in [2.05, 4.69) is 10.6 Å². The predicted octanol–water partition coefficient (Wildman–Crippen LogP) is 1.95. The van der Waals surface area contributed by atoms with Gasteiger partial charge >= 0.3 is 11.9 Å². The third-order valence-electron chi connectivity index (χ3n) is 4.48. The maximum atomic E-state index is 12.8. The minimum Gasteiger partial charge on any atom is -0.460 e. The first-order valence-electron chi connectivity index (χ1n) is 12.1. The number of esters is 2. The molecule has 0 aliphatic carbocycles. The minimum absolute atomic E-state index is 0.00110. The van der Waals surface area contributed by atoms with E-state index in [0.717, 1.165) is 0 Å². The fourth-order valence-electron chi connectivity index (χ4n) is 2.88. The van der Waals surface area contributed by atoms with Crippen molar-refractivity contribution in [2.24, 2.45) is 0 Å². The number of hydrogen-bond donors (Lipinski definition) is 4. The zero-order valence-electron chi connectivity index (χ0n) is 22.5. The molecule has 0 fully saturated rings. The molecule has 1 aromatic rings. The van der Waals surface area contributed by atoms with E-state index in [9.17, 15) is 24.3 Å². The van der Waals surface area contributed by atoms with E-state index >= 15 is 0 Å². The molecule has 0 bridgehead atoms. The van der Waals surface area contributed by atoms with Crippen molar-refractivity contribution >= 4 is 29.4 Å². The van der Waals surface area contributed by atoms with Crippen LogP contribution in [0, 0.1) is 0 Å². The van der Waals surface area contributed by atoms with Crippen molar-refractivity contribution in [2.45, 2.75) is 84.2 Å². The van der Waals surface area contributed by atoms with Crippen LogP contribution >= 0.6 is 0 Å². The fraction of sp³-hybridized carbons (Fsp3) is 0.615. The van der Waals surface area contributed by atoms with Crippen LogP contribution in [0.3, 0.4) is 0 Å². The molecular formula is C26H40N2O9. The summed E-state index contributed by atoms with van der Waals surface area (Å²) in [6.45, 7) is 9.90. The van der Waals surface area contributed by atoms with Gasteiger partial charge in [-0.25, -0.2) is 4.79 Å². The molecule has 1 unspecified atom stereocenters. The number of benzene rings is 1. The molecule has 1 rings (SSSR count). The lowest BCUT2D eigenvalue weighted by Crippen LogP contribution is -2.44. The number of amides is 2. The smallest absolute Gasteiger partial charge is 0.329 e. The lowest BCUT2D eigenvalue weighted by atomic mass is 10.1. The molecule has 1 aromatic carbocycles. The quantitative estimate of drug-likeness (QED) is 0.223. The Morgan fingerprint density at radius 3 is 2.05 bits per heavy atom. The molecule has 0 radical (unpaired) electrons. The molecular weight excluding hydrogens is 484 g/mol. The Balaban J connectivity index is 2.73. The highest BCUT2D eigenvalue weighted by molar-refractivity contribution is 5.98. The molecule has 0 saturated carbocycles. The van der Waals surface area contributed by atoms with Crippen molar-refractivity contribution in [2.75, 3.05) is 25.1 Å². The molecule has 2 atom stereocenters. The number of rotatable bonds is 13. The van der Waals surface area contributed by atoms with Crippen molar-refractivity contribution in [1.82, 2.24) is 5.32 Å². The van der Waals surface area contributed by atoms with E-state index in [4.69, 9.17) is 19.3 Å². The number of ether oxygens (including phenoxy) is 3. The number of anilines is 1. The molecule has 4 N–H and O–H groups in total. The van der Waals surface area contributed by atoms with E-state index < -0.39 is 47.8 Å². The number of nitrogens with one attached hydrogen (secondary N) is 2. The highest BCUT2D eigenvalue weighted by Gasteiger charge is 2.28. The van der Waals surface area contributed by atoms with Crippen LogP contribution in [0.1, 0.15) is 71.2 Å². The van der Waals surface area contributed by atoms with Gasteiger partial charge in [-0.15, -0.1) is 0 Å². The summed E-state index contributed by atoms with van der Waals surface area (Å²) >= 11 is 0. The number of carbonyl (C=O) groups is 4. The molecule has 208 valence electrons. The van der Waals surface area contributed by atoms with Gasteiger partial charge in [-0.2, -0.15) is 0 Å². The second kappa shape index (κ2) is 14.7. The van der Waals surface area contributed by atoms with Crippen molar-refractivity contribution in [1.29, 1.82) is 0 Å². The Bertz CT molecular complexity index is 902. The van der Waals surface area contributed by atoms with Crippen LogP contribution in [0.25, 0.3) is 0 Å². The number of aliphatic hydroxyl groups excluding tert-OH is 2. The Hall–Kier alpha value is -3.02. The molecule has 37 heavy (non-hydrogen) atoms. The standard InChI is InChI=1S/C26H40N2O9/c1-25(2,3)36-22(32)12-11-20(24(34)37-26(4,5)6)28-23(33)17-7-9-18(10-8-17)27-21(31)13-14-35-16-19(30)15-29/h7-10,19-20,29-30H,11-16H2,1-6H3,(H,27,31)(H,28,33)/t19?,20-/m0/s1. The second-order valence-corrected chi connectivity index (χ2v) is 10.5. The van der Waals surface area contributed by atoms with Gasteiger partial charge in [0, 0.05) is 17.7 Å². The van der Waals surface area contributed by atoms with E-state index in [1.165, 1.54) is 24.3 Å². The normalized spacial score (nSPS) is 13.3. The van der Waals surface area contributed by atoms with Crippen LogP contribution in [-0.4, -0.2) is 77.1 Å². The van der Waals surface area contributed by atoms with Crippen molar-refractivity contribution in [3.05, 3.63) is 29.8 Å². The maximum absolute atomic E-state index is 12.8. The molecule has 11 heteroatoms. The summed E-state index contributed by atoms with van der Waals surface area (Å²) < 4.78 is 15.8. The van der Waals surface area contributed by atoms with Gasteiger partial charge in [0.05, 0.1) is 26.2 Å². The molecule has 0 saturated heterocycles. The lowest BCUT2D eigenvalue weighted by Gasteiger charge is -2.25. The summed E-state index contributed by atoms with van der Waals surface area (Å²) in [7, 11) is 0. The average Bonchev–Trinajstić information content (AvgIpc) is 2.77. The minimum atomic E-state index is -1.07. The monoisotopic (exact) mass is 524 g/mol. The molecule has 0 aliphatic rings. The zero-order chi connectivity index (χ0) is 28.2. The highest BCUT2D eigenvalue weighted by Crippen LogP contribution is 2.15. The number of aliphatic hydroxyl groups is 2. The summed E-state index contributed by atoms with van der Waals surface area (Å²) in [6.07, 6.45) is -1.04. The van der Waals surface area contributed by atoms with Crippen molar-refractivity contribution in [3.63, 3.8) is 0 Å². The predicted molar refractivity (Wildman–Crippen MR) is 136 cm³/mol. The van der Waals surface area contributed by atoms with E-state index in [1.54, 1.807) is 41.5 Å². The van der Waals surface area contributed by atoms with Gasteiger partial charge < -0.3 is 35.1 Å². The van der Waals surface area contributed by atoms with Gasteiger partial charge in [0.25, 0.3) is 5.91 Å². The van der Waals surface area contributed by atoms with Crippen molar-refractivity contribution in [3.8, 4) is 0 Å². The molecule has 0 spiro atoms. The first-order valence-corrected chi connectivity index (χ1v) is 12.1. The van der Waals surface area contributed by atoms with E-state index in [1.807, 2.05) is 0 Å². The third kappa shape index (κ3) is 14.3. The maximum Gasteiger partial charge on any atom is 0.329 e. The van der Waals surface area contributed by atoms with Gasteiger partial charge in [-0.1, -0.05) is 0 Å². The fourth-order valence-corrected chi connectivity index (χ4v) is 2.88. The molecule has 2 amide bonds. The highest BCUT2D eigenvalue weighted by atomic mass is 16.6. The van der Waals surface area contributed by atoms with Crippen LogP contribution < -0.4 is 10.6 Å². The SMILES string of the molecule is CC(C)(C)OC(=O)CC[C@H](NC(=O)c1ccc(NC(=O)CCOCC(O)CO)cc1)C(=O)OC(C)(C)C. The van der Waals surface area contributed by atoms with Crippen LogP contribution in [0.5, 0.6) is 0 Å². The lowest BCUT2D eigenvalue weighted by molar-refractivity contribution is -0.158. The van der Waals surface area contributed by atoms with Gasteiger partial charge in [0.1, 0.15) is 23.3 Å². The third-order valence-corrected chi connectivity index (χ3v) is 4.48. The molecule has 11 nitrogen and oxygen atoms in total. The van der Waals surface area contributed by atoms with Crippen LogP contribution in [0.15, 0.2) is 24.3 Å². The van der Waals surface area contributed by atoms with Crippen LogP contribution in [-0.2, 0) is 28.6 Å². The Morgan fingerprint density at radius 1 is 0.919 bits per heavy atom. The summed E-state index contributed by atoms with van der Waals surface area (Å²) in [4.78, 5) is 49.6. The summed E-state index contributed by atoms with van der Waals surface area (Å²) in [6, 6.07) is 4.97. The summed E-state index contributed by atoms with van der Waals surface area (Å²) in [5.41, 5.74) is -0.764. The van der Waals surface area contributed by atoms with Gasteiger partial charge in [0.15, 0.2) is 0 Å². The molecule has 0 aliphatic heterocycles. The Morgan fingerprint density at radius 2 is 1.51 bits per heavy atom. The summed E-state index contributed by atoms with van der Waals surface area (Å²) in [5, 5.41) is 23.2. The first-order chi connectivity index (χ1) is 17.1. The topological polar surface area (TPSA) is 160 Å². The second-order valence-electron chi connectivity index (χ2n) is 10.5. The van der Waals surface area contributed by atoms with E-state index in [-0.39, 0.29) is 43.9 Å². The Labute approximate surface area is 217 Å².